The minimum atomic E-state index is -3.77. The molecule has 1 heterocycles. The summed E-state index contributed by atoms with van der Waals surface area (Å²) in [6, 6.07) is 11.2. The molecule has 8 heteroatoms. The van der Waals surface area contributed by atoms with Gasteiger partial charge in [-0.3, -0.25) is 4.79 Å². The van der Waals surface area contributed by atoms with Gasteiger partial charge in [0.1, 0.15) is 17.3 Å². The number of hydrogen-bond donors (Lipinski definition) is 1. The van der Waals surface area contributed by atoms with Gasteiger partial charge in [-0.25, -0.2) is 8.42 Å². The summed E-state index contributed by atoms with van der Waals surface area (Å²) in [6.45, 7) is 4.89. The first kappa shape index (κ1) is 22.3. The molecule has 0 radical (unpaired) electrons. The van der Waals surface area contributed by atoms with Gasteiger partial charge in [-0.15, -0.1) is 0 Å². The fraction of sp³-hybridized carbons (Fsp3) is 0.318. The standard InChI is InChI=1S/C22H25ClN2O4S/c1-2-14-29-19-9-7-8-18(16-19)24-22(26)17-10-11-20(23)21(15-17)30(27,28)25-12-5-3-4-6-13-25/h2,7-11,15-16H,1,3-6,12-14H2,(H,24,26). The van der Waals surface area contributed by atoms with Gasteiger partial charge >= 0.3 is 0 Å². The quantitative estimate of drug-likeness (QED) is 0.621. The molecule has 30 heavy (non-hydrogen) atoms. The predicted octanol–water partition coefficient (Wildman–Crippen LogP) is 4.72. The Hall–Kier alpha value is -2.35. The van der Waals surface area contributed by atoms with Crippen LogP contribution in [0.15, 0.2) is 60.0 Å². The number of benzene rings is 2. The van der Waals surface area contributed by atoms with Crippen LogP contribution in [0.4, 0.5) is 5.69 Å². The van der Waals surface area contributed by atoms with Gasteiger partial charge in [0, 0.05) is 30.4 Å². The minimum absolute atomic E-state index is 0.0400. The van der Waals surface area contributed by atoms with Gasteiger partial charge in [-0.05, 0) is 43.2 Å². The predicted molar refractivity (Wildman–Crippen MR) is 119 cm³/mol. The molecular weight excluding hydrogens is 424 g/mol. The van der Waals surface area contributed by atoms with Crippen LogP contribution in [-0.4, -0.2) is 38.3 Å². The molecular formula is C22H25ClN2O4S. The molecule has 1 fully saturated rings. The fourth-order valence-electron chi connectivity index (χ4n) is 3.29. The van der Waals surface area contributed by atoms with E-state index in [1.165, 1.54) is 22.5 Å². The molecule has 0 bridgehead atoms. The fourth-order valence-corrected chi connectivity index (χ4v) is 5.30. The number of nitrogens with zero attached hydrogens (tertiary/aromatic N) is 1. The molecule has 160 valence electrons. The van der Waals surface area contributed by atoms with E-state index in [1.807, 2.05) is 0 Å². The summed E-state index contributed by atoms with van der Waals surface area (Å²) >= 11 is 6.21. The van der Waals surface area contributed by atoms with Crippen LogP contribution in [0.5, 0.6) is 5.75 Å². The molecule has 0 unspecified atom stereocenters. The average molecular weight is 449 g/mol. The number of rotatable bonds is 7. The Morgan fingerprint density at radius 1 is 1.13 bits per heavy atom. The van der Waals surface area contributed by atoms with Crippen molar-refractivity contribution in [1.82, 2.24) is 4.31 Å². The van der Waals surface area contributed by atoms with Crippen LogP contribution >= 0.6 is 11.6 Å². The Morgan fingerprint density at radius 2 is 1.87 bits per heavy atom. The monoisotopic (exact) mass is 448 g/mol. The summed E-state index contributed by atoms with van der Waals surface area (Å²) in [5.74, 6) is 0.160. The van der Waals surface area contributed by atoms with Crippen molar-refractivity contribution < 1.29 is 17.9 Å². The van der Waals surface area contributed by atoms with E-state index in [-0.39, 0.29) is 15.5 Å². The minimum Gasteiger partial charge on any atom is -0.489 e. The number of halogens is 1. The number of carbonyl (C=O) groups excluding carboxylic acids is 1. The molecule has 1 amide bonds. The molecule has 0 aliphatic carbocycles. The van der Waals surface area contributed by atoms with Crippen molar-refractivity contribution in [2.45, 2.75) is 30.6 Å². The van der Waals surface area contributed by atoms with E-state index >= 15 is 0 Å². The van der Waals surface area contributed by atoms with Crippen molar-refractivity contribution >= 4 is 33.2 Å². The highest BCUT2D eigenvalue weighted by molar-refractivity contribution is 7.89. The highest BCUT2D eigenvalue weighted by atomic mass is 35.5. The number of ether oxygens (including phenoxy) is 1. The normalized spacial score (nSPS) is 15.2. The highest BCUT2D eigenvalue weighted by Gasteiger charge is 2.28. The number of carbonyl (C=O) groups is 1. The van der Waals surface area contributed by atoms with Crippen molar-refractivity contribution in [3.05, 3.63) is 65.7 Å². The Labute approximate surface area is 182 Å². The zero-order valence-electron chi connectivity index (χ0n) is 16.6. The van der Waals surface area contributed by atoms with Crippen molar-refractivity contribution in [2.75, 3.05) is 25.0 Å². The van der Waals surface area contributed by atoms with Gasteiger partial charge in [0.2, 0.25) is 10.0 Å². The highest BCUT2D eigenvalue weighted by Crippen LogP contribution is 2.28. The first-order valence-corrected chi connectivity index (χ1v) is 11.7. The Morgan fingerprint density at radius 3 is 2.57 bits per heavy atom. The lowest BCUT2D eigenvalue weighted by atomic mass is 10.2. The van der Waals surface area contributed by atoms with Gasteiger partial charge in [-0.1, -0.05) is 43.2 Å². The second kappa shape index (κ2) is 10.1. The lowest BCUT2D eigenvalue weighted by Gasteiger charge is -2.21. The van der Waals surface area contributed by atoms with E-state index in [2.05, 4.69) is 11.9 Å². The molecule has 0 atom stereocenters. The van der Waals surface area contributed by atoms with E-state index in [0.717, 1.165) is 25.7 Å². The molecule has 3 rings (SSSR count). The van der Waals surface area contributed by atoms with Crippen LogP contribution in [0.3, 0.4) is 0 Å². The first-order chi connectivity index (χ1) is 14.4. The van der Waals surface area contributed by atoms with Gasteiger partial charge in [0.25, 0.3) is 5.91 Å². The summed E-state index contributed by atoms with van der Waals surface area (Å²) in [7, 11) is -3.77. The molecule has 2 aromatic rings. The number of anilines is 1. The number of sulfonamides is 1. The van der Waals surface area contributed by atoms with Crippen LogP contribution in [0.1, 0.15) is 36.0 Å². The Kier molecular flexibility index (Phi) is 7.53. The summed E-state index contributed by atoms with van der Waals surface area (Å²) in [4.78, 5) is 12.7. The smallest absolute Gasteiger partial charge is 0.255 e. The third kappa shape index (κ3) is 5.41. The van der Waals surface area contributed by atoms with Crippen molar-refractivity contribution in [3.63, 3.8) is 0 Å². The summed E-state index contributed by atoms with van der Waals surface area (Å²) < 4.78 is 33.2. The zero-order chi connectivity index (χ0) is 21.6. The Bertz CT molecular complexity index is 1020. The Balaban J connectivity index is 1.82. The van der Waals surface area contributed by atoms with E-state index in [0.29, 0.717) is 31.1 Å². The molecule has 1 aliphatic rings. The second-order valence-electron chi connectivity index (χ2n) is 7.05. The molecule has 0 saturated carbocycles. The van der Waals surface area contributed by atoms with E-state index in [4.69, 9.17) is 16.3 Å². The number of hydrogen-bond acceptors (Lipinski definition) is 4. The molecule has 1 N–H and O–H groups in total. The van der Waals surface area contributed by atoms with Crippen LogP contribution in [0.25, 0.3) is 0 Å². The number of nitrogens with one attached hydrogen (secondary N) is 1. The van der Waals surface area contributed by atoms with Crippen molar-refractivity contribution in [3.8, 4) is 5.75 Å². The maximum atomic E-state index is 13.1. The van der Waals surface area contributed by atoms with E-state index < -0.39 is 15.9 Å². The third-order valence-electron chi connectivity index (χ3n) is 4.84. The van der Waals surface area contributed by atoms with Crippen molar-refractivity contribution in [2.24, 2.45) is 0 Å². The van der Waals surface area contributed by atoms with Crippen LogP contribution in [0, 0.1) is 0 Å². The molecule has 6 nitrogen and oxygen atoms in total. The van der Waals surface area contributed by atoms with E-state index in [1.54, 1.807) is 30.3 Å². The molecule has 1 saturated heterocycles. The largest absolute Gasteiger partial charge is 0.489 e. The SMILES string of the molecule is C=CCOc1cccc(NC(=O)c2ccc(Cl)c(S(=O)(=O)N3CCCCCC3)c2)c1. The molecule has 2 aromatic carbocycles. The molecule has 0 aromatic heterocycles. The van der Waals surface area contributed by atoms with E-state index in [9.17, 15) is 13.2 Å². The van der Waals surface area contributed by atoms with Crippen LogP contribution < -0.4 is 10.1 Å². The first-order valence-electron chi connectivity index (χ1n) is 9.86. The summed E-state index contributed by atoms with van der Waals surface area (Å²) in [5, 5.41) is 2.87. The molecule has 0 spiro atoms. The summed E-state index contributed by atoms with van der Waals surface area (Å²) in [5.41, 5.74) is 0.749. The molecule has 1 aliphatic heterocycles. The van der Waals surface area contributed by atoms with Gasteiger partial charge in [0.15, 0.2) is 0 Å². The second-order valence-corrected chi connectivity index (χ2v) is 9.36. The van der Waals surface area contributed by atoms with Gasteiger partial charge in [-0.2, -0.15) is 4.31 Å². The lowest BCUT2D eigenvalue weighted by molar-refractivity contribution is 0.102. The van der Waals surface area contributed by atoms with Crippen LogP contribution in [-0.2, 0) is 10.0 Å². The zero-order valence-corrected chi connectivity index (χ0v) is 18.2. The third-order valence-corrected chi connectivity index (χ3v) is 7.22. The van der Waals surface area contributed by atoms with Crippen LogP contribution in [0.2, 0.25) is 5.02 Å². The number of amides is 1. The lowest BCUT2D eigenvalue weighted by Crippen LogP contribution is -2.32. The maximum absolute atomic E-state index is 13.1. The van der Waals surface area contributed by atoms with Gasteiger partial charge < -0.3 is 10.1 Å². The topological polar surface area (TPSA) is 75.7 Å². The maximum Gasteiger partial charge on any atom is 0.255 e. The van der Waals surface area contributed by atoms with Gasteiger partial charge in [0.05, 0.1) is 5.02 Å². The summed E-state index contributed by atoms with van der Waals surface area (Å²) in [6.07, 6.45) is 5.30. The average Bonchev–Trinajstić information content (AvgIpc) is 3.03. The van der Waals surface area contributed by atoms with Crippen molar-refractivity contribution in [1.29, 1.82) is 0 Å².